The molecule has 0 bridgehead atoms. The maximum absolute atomic E-state index is 5.76. The molecule has 0 spiro atoms. The fourth-order valence-electron chi connectivity index (χ4n) is 1.93. The van der Waals surface area contributed by atoms with E-state index in [1.165, 1.54) is 26.1 Å². The van der Waals surface area contributed by atoms with E-state index in [0.29, 0.717) is 6.04 Å². The summed E-state index contributed by atoms with van der Waals surface area (Å²) in [6.07, 6.45) is 2.38. The number of nitrogens with two attached hydrogens (primary N) is 1. The van der Waals surface area contributed by atoms with Crippen LogP contribution in [-0.4, -0.2) is 30.6 Å². The smallest absolute Gasteiger partial charge is 0.00109 e. The van der Waals surface area contributed by atoms with Crippen LogP contribution in [0.3, 0.4) is 0 Å². The van der Waals surface area contributed by atoms with Crippen molar-refractivity contribution in [1.82, 2.24) is 4.90 Å². The van der Waals surface area contributed by atoms with Gasteiger partial charge in [-0.2, -0.15) is 0 Å². The molecule has 0 fully saturated rings. The van der Waals surface area contributed by atoms with E-state index in [0.717, 1.165) is 18.3 Å². The van der Waals surface area contributed by atoms with Crippen molar-refractivity contribution in [2.75, 3.05) is 19.6 Å². The summed E-state index contributed by atoms with van der Waals surface area (Å²) in [5.41, 5.74) is 5.76. The number of rotatable bonds is 8. The predicted octanol–water partition coefficient (Wildman–Crippen LogP) is 2.73. The Morgan fingerprint density at radius 3 is 1.73 bits per heavy atom. The van der Waals surface area contributed by atoms with Crippen LogP contribution in [0.25, 0.3) is 0 Å². The zero-order chi connectivity index (χ0) is 11.8. The second-order valence-corrected chi connectivity index (χ2v) is 5.67. The lowest BCUT2D eigenvalue weighted by atomic mass is 10.1. The molecule has 0 aromatic carbocycles. The summed E-state index contributed by atoms with van der Waals surface area (Å²) in [4.78, 5) is 2.58. The summed E-state index contributed by atoms with van der Waals surface area (Å²) in [6, 6.07) is 0.352. The Kier molecular flexibility index (Phi) is 8.07. The number of hydrogen-bond acceptors (Lipinski definition) is 2. The lowest BCUT2D eigenvalue weighted by molar-refractivity contribution is 0.214. The van der Waals surface area contributed by atoms with Crippen molar-refractivity contribution >= 4 is 0 Å². The van der Waals surface area contributed by atoms with Crippen LogP contribution in [0.2, 0.25) is 0 Å². The zero-order valence-electron chi connectivity index (χ0n) is 11.3. The number of nitrogens with zero attached hydrogens (tertiary/aromatic N) is 1. The van der Waals surface area contributed by atoms with Gasteiger partial charge in [-0.15, -0.1) is 0 Å². The third kappa shape index (κ3) is 10.2. The summed E-state index contributed by atoms with van der Waals surface area (Å²) in [5, 5.41) is 0. The second kappa shape index (κ2) is 8.12. The van der Waals surface area contributed by atoms with E-state index in [1.807, 2.05) is 0 Å². The van der Waals surface area contributed by atoms with Crippen molar-refractivity contribution in [1.29, 1.82) is 0 Å². The van der Waals surface area contributed by atoms with E-state index < -0.39 is 0 Å². The molecule has 2 heteroatoms. The molecule has 0 aliphatic carbocycles. The lowest BCUT2D eigenvalue weighted by Crippen LogP contribution is -2.33. The fourth-order valence-corrected chi connectivity index (χ4v) is 1.93. The van der Waals surface area contributed by atoms with Crippen LogP contribution in [0.4, 0.5) is 0 Å². The molecule has 0 saturated carbocycles. The Morgan fingerprint density at radius 1 is 0.933 bits per heavy atom. The highest BCUT2D eigenvalue weighted by Crippen LogP contribution is 2.06. The monoisotopic (exact) mass is 214 g/mol. The highest BCUT2D eigenvalue weighted by molar-refractivity contribution is 4.64. The Labute approximate surface area is 96.2 Å². The summed E-state index contributed by atoms with van der Waals surface area (Å²) < 4.78 is 0. The first-order valence-electron chi connectivity index (χ1n) is 6.39. The standard InChI is InChI=1S/C13H30N2/c1-11(2)9-15(10-12(3)4)8-6-7-13(5)14/h11-13H,6-10,14H2,1-5H3. The van der Waals surface area contributed by atoms with Crippen LogP contribution < -0.4 is 5.73 Å². The molecule has 0 amide bonds. The third-order valence-electron chi connectivity index (χ3n) is 2.38. The minimum atomic E-state index is 0.352. The van der Waals surface area contributed by atoms with E-state index in [4.69, 9.17) is 5.73 Å². The van der Waals surface area contributed by atoms with Crippen LogP contribution >= 0.6 is 0 Å². The molecule has 0 aliphatic heterocycles. The van der Waals surface area contributed by atoms with Crippen LogP contribution in [0.5, 0.6) is 0 Å². The summed E-state index contributed by atoms with van der Waals surface area (Å²) >= 11 is 0. The predicted molar refractivity (Wildman–Crippen MR) is 69.0 cm³/mol. The molecule has 2 N–H and O–H groups in total. The van der Waals surface area contributed by atoms with Crippen LogP contribution in [0.1, 0.15) is 47.5 Å². The normalized spacial score (nSPS) is 14.2. The average molecular weight is 214 g/mol. The SMILES string of the molecule is CC(C)CN(CCCC(C)N)CC(C)C. The fraction of sp³-hybridized carbons (Fsp3) is 1.00. The molecule has 0 saturated heterocycles. The topological polar surface area (TPSA) is 29.3 Å². The Morgan fingerprint density at radius 2 is 1.40 bits per heavy atom. The average Bonchev–Trinajstić information content (AvgIpc) is 2.00. The van der Waals surface area contributed by atoms with Crippen molar-refractivity contribution in [3.8, 4) is 0 Å². The molecular formula is C13H30N2. The summed E-state index contributed by atoms with van der Waals surface area (Å²) in [7, 11) is 0. The molecule has 1 unspecified atom stereocenters. The van der Waals surface area contributed by atoms with Gasteiger partial charge in [0.05, 0.1) is 0 Å². The first-order chi connectivity index (χ1) is 6.91. The van der Waals surface area contributed by atoms with Crippen molar-refractivity contribution in [3.05, 3.63) is 0 Å². The van der Waals surface area contributed by atoms with Crippen molar-refractivity contribution in [3.63, 3.8) is 0 Å². The van der Waals surface area contributed by atoms with E-state index in [9.17, 15) is 0 Å². The van der Waals surface area contributed by atoms with Crippen molar-refractivity contribution in [2.24, 2.45) is 17.6 Å². The van der Waals surface area contributed by atoms with Gasteiger partial charge in [-0.1, -0.05) is 27.7 Å². The molecule has 0 heterocycles. The van der Waals surface area contributed by atoms with Gasteiger partial charge in [0.15, 0.2) is 0 Å². The molecule has 0 aromatic rings. The maximum Gasteiger partial charge on any atom is 0.00109 e. The quantitative estimate of drug-likeness (QED) is 0.673. The second-order valence-electron chi connectivity index (χ2n) is 5.67. The Bertz CT molecular complexity index is 131. The van der Waals surface area contributed by atoms with Crippen LogP contribution in [0.15, 0.2) is 0 Å². The van der Waals surface area contributed by atoms with Gasteiger partial charge in [-0.3, -0.25) is 0 Å². The molecule has 0 rings (SSSR count). The van der Waals surface area contributed by atoms with Gasteiger partial charge in [0.25, 0.3) is 0 Å². The van der Waals surface area contributed by atoms with Gasteiger partial charge in [0.1, 0.15) is 0 Å². The molecule has 92 valence electrons. The van der Waals surface area contributed by atoms with Gasteiger partial charge >= 0.3 is 0 Å². The third-order valence-corrected chi connectivity index (χ3v) is 2.38. The van der Waals surface area contributed by atoms with Gasteiger partial charge in [-0.05, 0) is 38.1 Å². The van der Waals surface area contributed by atoms with Gasteiger partial charge < -0.3 is 10.6 Å². The zero-order valence-corrected chi connectivity index (χ0v) is 11.3. The highest BCUT2D eigenvalue weighted by atomic mass is 15.1. The van der Waals surface area contributed by atoms with Crippen molar-refractivity contribution < 1.29 is 0 Å². The summed E-state index contributed by atoms with van der Waals surface area (Å²) in [5.74, 6) is 1.53. The lowest BCUT2D eigenvalue weighted by Gasteiger charge is -2.26. The van der Waals surface area contributed by atoms with Gasteiger partial charge in [0.2, 0.25) is 0 Å². The maximum atomic E-state index is 5.76. The minimum absolute atomic E-state index is 0.352. The van der Waals surface area contributed by atoms with Crippen LogP contribution in [0, 0.1) is 11.8 Å². The van der Waals surface area contributed by atoms with E-state index >= 15 is 0 Å². The first-order valence-corrected chi connectivity index (χ1v) is 6.39. The number of hydrogen-bond donors (Lipinski definition) is 1. The van der Waals surface area contributed by atoms with Gasteiger partial charge in [-0.25, -0.2) is 0 Å². The van der Waals surface area contributed by atoms with E-state index in [1.54, 1.807) is 0 Å². The van der Waals surface area contributed by atoms with E-state index in [-0.39, 0.29) is 0 Å². The largest absolute Gasteiger partial charge is 0.328 e. The molecule has 0 aliphatic rings. The molecule has 0 aromatic heterocycles. The molecule has 15 heavy (non-hydrogen) atoms. The molecule has 0 radical (unpaired) electrons. The first kappa shape index (κ1) is 14.9. The Hall–Kier alpha value is -0.0800. The van der Waals surface area contributed by atoms with Crippen LogP contribution in [-0.2, 0) is 0 Å². The molecule has 2 nitrogen and oxygen atoms in total. The van der Waals surface area contributed by atoms with Gasteiger partial charge in [0, 0.05) is 19.1 Å². The minimum Gasteiger partial charge on any atom is -0.328 e. The Balaban J connectivity index is 3.79. The molecular weight excluding hydrogens is 184 g/mol. The van der Waals surface area contributed by atoms with E-state index in [2.05, 4.69) is 39.5 Å². The highest BCUT2D eigenvalue weighted by Gasteiger charge is 2.09. The van der Waals surface area contributed by atoms with Crippen molar-refractivity contribution in [2.45, 2.75) is 53.5 Å². The molecule has 1 atom stereocenters. The summed E-state index contributed by atoms with van der Waals surface area (Å²) in [6.45, 7) is 14.9.